The Bertz CT molecular complexity index is 790. The molecular weight excluding hydrogens is 395 g/mol. The van der Waals surface area contributed by atoms with E-state index in [9.17, 15) is 16.8 Å². The largest absolute Gasteiger partial charge is 0.253 e. The minimum absolute atomic E-state index is 0.170. The number of halogens is 2. The highest BCUT2D eigenvalue weighted by Crippen LogP contribution is 2.10. The lowest BCUT2D eigenvalue weighted by Crippen LogP contribution is -2.13. The molecule has 0 fully saturated rings. The number of rotatable bonds is 4. The van der Waals surface area contributed by atoms with Crippen molar-refractivity contribution in [2.45, 2.75) is 23.6 Å². The van der Waals surface area contributed by atoms with Crippen molar-refractivity contribution in [2.75, 3.05) is 0 Å². The van der Waals surface area contributed by atoms with E-state index >= 15 is 0 Å². The van der Waals surface area contributed by atoms with Crippen molar-refractivity contribution in [2.24, 2.45) is 0 Å². The summed E-state index contributed by atoms with van der Waals surface area (Å²) >= 11 is 10.1. The molecule has 0 radical (unpaired) electrons. The first-order chi connectivity index (χ1) is 11.1. The number of aryl methyl sites for hydroxylation is 2. The number of hydrogen-bond donors (Lipinski definition) is 2. The van der Waals surface area contributed by atoms with E-state index in [0.29, 0.717) is 0 Å². The molecule has 2 aromatic carbocycles. The zero-order valence-corrected chi connectivity index (χ0v) is 16.0. The van der Waals surface area contributed by atoms with Crippen LogP contribution in [-0.4, -0.2) is 16.8 Å². The summed E-state index contributed by atoms with van der Waals surface area (Å²) in [5.74, 6) is 0. The standard InChI is InChI=1S/2C7H8ClNO2S/c2*1-6-2-4-7(5-3-6)12(10,11)9-8/h2*2-5,9H,1H3. The van der Waals surface area contributed by atoms with Gasteiger partial charge in [-0.25, -0.2) is 16.8 Å². The molecule has 0 atom stereocenters. The molecule has 24 heavy (non-hydrogen) atoms. The highest BCUT2D eigenvalue weighted by molar-refractivity contribution is 7.90. The van der Waals surface area contributed by atoms with Gasteiger partial charge in [-0.1, -0.05) is 35.4 Å². The molecule has 0 aliphatic carbocycles. The van der Waals surface area contributed by atoms with Crippen LogP contribution in [0.15, 0.2) is 58.3 Å². The minimum atomic E-state index is -3.50. The Labute approximate surface area is 152 Å². The fraction of sp³-hybridized carbons (Fsp3) is 0.143. The summed E-state index contributed by atoms with van der Waals surface area (Å²) in [5, 5.41) is 0. The van der Waals surface area contributed by atoms with Crippen LogP contribution in [0.25, 0.3) is 0 Å². The van der Waals surface area contributed by atoms with Gasteiger partial charge in [0, 0.05) is 0 Å². The average Bonchev–Trinajstić information content (AvgIpc) is 2.56. The normalized spacial score (nSPS) is 11.5. The van der Waals surface area contributed by atoms with Crippen molar-refractivity contribution in [3.63, 3.8) is 0 Å². The lowest BCUT2D eigenvalue weighted by molar-refractivity contribution is 0.592. The van der Waals surface area contributed by atoms with Crippen LogP contribution in [0.5, 0.6) is 0 Å². The first-order valence-corrected chi connectivity index (χ1v) is 10.2. The highest BCUT2D eigenvalue weighted by atomic mass is 35.5. The van der Waals surface area contributed by atoms with Crippen molar-refractivity contribution in [3.05, 3.63) is 59.7 Å². The number of benzene rings is 2. The van der Waals surface area contributed by atoms with Crippen molar-refractivity contribution in [1.29, 1.82) is 0 Å². The second-order valence-corrected chi connectivity index (χ2v) is 8.98. The third kappa shape index (κ3) is 6.04. The molecule has 0 aliphatic heterocycles. The molecule has 0 heterocycles. The van der Waals surface area contributed by atoms with E-state index in [2.05, 4.69) is 0 Å². The molecule has 0 aliphatic rings. The summed E-state index contributed by atoms with van der Waals surface area (Å²) in [7, 11) is -7.00. The second-order valence-electron chi connectivity index (χ2n) is 4.79. The predicted molar refractivity (Wildman–Crippen MR) is 94.7 cm³/mol. The molecule has 2 N–H and O–H groups in total. The van der Waals surface area contributed by atoms with Crippen LogP contribution < -0.4 is 8.48 Å². The summed E-state index contributed by atoms with van der Waals surface area (Å²) in [6, 6.07) is 12.8. The smallest absolute Gasteiger partial charge is 0.206 e. The maximum atomic E-state index is 11.1. The molecule has 132 valence electrons. The summed E-state index contributed by atoms with van der Waals surface area (Å²) in [5.41, 5.74) is 2.01. The van der Waals surface area contributed by atoms with Crippen LogP contribution in [0.2, 0.25) is 0 Å². The van der Waals surface area contributed by atoms with Crippen LogP contribution >= 0.6 is 23.6 Å². The third-order valence-electron chi connectivity index (χ3n) is 2.87. The van der Waals surface area contributed by atoms with Gasteiger partial charge >= 0.3 is 0 Å². The topological polar surface area (TPSA) is 92.3 Å². The predicted octanol–water partition coefficient (Wildman–Crippen LogP) is 2.85. The second kappa shape index (κ2) is 8.80. The van der Waals surface area contributed by atoms with Gasteiger partial charge in [0.2, 0.25) is 0 Å². The molecule has 0 spiro atoms. The summed E-state index contributed by atoms with van der Waals surface area (Å²) in [4.78, 5) is 0.339. The molecular formula is C14H16Cl2N2O4S2. The van der Waals surface area contributed by atoms with Crippen LogP contribution in [0.1, 0.15) is 11.1 Å². The van der Waals surface area contributed by atoms with E-state index in [1.807, 2.05) is 13.8 Å². The van der Waals surface area contributed by atoms with Crippen LogP contribution in [0.3, 0.4) is 0 Å². The lowest BCUT2D eigenvalue weighted by atomic mass is 10.2. The molecule has 0 amide bonds. The van der Waals surface area contributed by atoms with Gasteiger partial charge in [-0.05, 0) is 61.7 Å². The molecule has 0 bridgehead atoms. The van der Waals surface area contributed by atoms with Crippen molar-refractivity contribution < 1.29 is 16.8 Å². The van der Waals surface area contributed by atoms with E-state index in [-0.39, 0.29) is 9.79 Å². The fourth-order valence-electron chi connectivity index (χ4n) is 1.52. The molecule has 0 saturated carbocycles. The molecule has 0 unspecified atom stereocenters. The van der Waals surface area contributed by atoms with Crippen LogP contribution in [0.4, 0.5) is 0 Å². The van der Waals surface area contributed by atoms with Gasteiger partial charge in [-0.2, -0.15) is 0 Å². The average molecular weight is 411 g/mol. The quantitative estimate of drug-likeness (QED) is 0.757. The summed E-state index contributed by atoms with van der Waals surface area (Å²) < 4.78 is 47.7. The Kier molecular flexibility index (Phi) is 7.65. The Balaban J connectivity index is 0.000000240. The molecule has 10 heteroatoms. The highest BCUT2D eigenvalue weighted by Gasteiger charge is 2.11. The molecule has 0 aromatic heterocycles. The van der Waals surface area contributed by atoms with E-state index < -0.39 is 20.0 Å². The van der Waals surface area contributed by atoms with Gasteiger partial charge in [-0.3, -0.25) is 0 Å². The first-order valence-electron chi connectivity index (χ1n) is 6.50. The van der Waals surface area contributed by atoms with Gasteiger partial charge in [-0.15, -0.1) is 8.48 Å². The summed E-state index contributed by atoms with van der Waals surface area (Å²) in [6.45, 7) is 3.76. The van der Waals surface area contributed by atoms with E-state index in [1.54, 1.807) is 32.7 Å². The zero-order valence-electron chi connectivity index (χ0n) is 12.8. The Morgan fingerprint density at radius 3 is 1.08 bits per heavy atom. The third-order valence-corrected chi connectivity index (χ3v) is 6.28. The van der Waals surface area contributed by atoms with E-state index in [1.165, 1.54) is 24.3 Å². The number of hydrogen-bond acceptors (Lipinski definition) is 4. The molecule has 2 rings (SSSR count). The minimum Gasteiger partial charge on any atom is -0.206 e. The van der Waals surface area contributed by atoms with Gasteiger partial charge in [0.05, 0.1) is 9.79 Å². The Morgan fingerprint density at radius 2 is 0.875 bits per heavy atom. The van der Waals surface area contributed by atoms with Crippen LogP contribution in [-0.2, 0) is 20.0 Å². The van der Waals surface area contributed by atoms with Crippen molar-refractivity contribution in [3.8, 4) is 0 Å². The monoisotopic (exact) mass is 410 g/mol. The fourth-order valence-corrected chi connectivity index (χ4v) is 3.23. The van der Waals surface area contributed by atoms with Crippen molar-refractivity contribution >= 4 is 43.6 Å². The van der Waals surface area contributed by atoms with Crippen molar-refractivity contribution in [1.82, 2.24) is 8.48 Å². The van der Waals surface area contributed by atoms with Crippen LogP contribution in [0, 0.1) is 13.8 Å². The zero-order chi connectivity index (χ0) is 18.4. The summed E-state index contributed by atoms with van der Waals surface area (Å²) in [6.07, 6.45) is 0. The Morgan fingerprint density at radius 1 is 0.625 bits per heavy atom. The van der Waals surface area contributed by atoms with E-state index in [0.717, 1.165) is 11.1 Å². The SMILES string of the molecule is Cc1ccc(S(=O)(=O)NCl)cc1.Cc1ccc(S(=O)(=O)NCl)cc1. The van der Waals surface area contributed by atoms with Gasteiger partial charge in [0.25, 0.3) is 20.0 Å². The lowest BCUT2D eigenvalue weighted by Gasteiger charge is -1.99. The van der Waals surface area contributed by atoms with Gasteiger partial charge < -0.3 is 0 Å². The Hall–Kier alpha value is -1.16. The number of nitrogens with one attached hydrogen (secondary N) is 2. The maximum absolute atomic E-state index is 11.1. The van der Waals surface area contributed by atoms with Gasteiger partial charge in [0.1, 0.15) is 0 Å². The molecule has 6 nitrogen and oxygen atoms in total. The van der Waals surface area contributed by atoms with E-state index in [4.69, 9.17) is 23.6 Å². The van der Waals surface area contributed by atoms with Gasteiger partial charge in [0.15, 0.2) is 0 Å². The number of sulfonamides is 2. The molecule has 0 saturated heterocycles. The first kappa shape index (κ1) is 20.9. The maximum Gasteiger partial charge on any atom is 0.253 e. The molecule has 2 aromatic rings.